The van der Waals surface area contributed by atoms with Gasteiger partial charge in [0, 0.05) is 24.7 Å². The van der Waals surface area contributed by atoms with Gasteiger partial charge in [-0.1, -0.05) is 30.7 Å². The number of hydrogen-bond acceptors (Lipinski definition) is 5. The Bertz CT molecular complexity index is 1100. The molecule has 2 heterocycles. The Kier molecular flexibility index (Phi) is 5.08. The van der Waals surface area contributed by atoms with Crippen LogP contribution in [0.5, 0.6) is 0 Å². The first-order valence-electron chi connectivity index (χ1n) is 9.57. The van der Waals surface area contributed by atoms with Crippen LogP contribution in [-0.4, -0.2) is 39.7 Å². The van der Waals surface area contributed by atoms with E-state index in [0.717, 1.165) is 34.1 Å². The topological polar surface area (TPSA) is 59.5 Å². The minimum Gasteiger partial charge on any atom is -0.378 e. The van der Waals surface area contributed by atoms with Gasteiger partial charge in [0.05, 0.1) is 29.3 Å². The van der Waals surface area contributed by atoms with Crippen molar-refractivity contribution in [2.24, 2.45) is 0 Å². The second-order valence-electron chi connectivity index (χ2n) is 7.09. The molecule has 1 aromatic heterocycles. The number of rotatable bonds is 4. The van der Waals surface area contributed by atoms with E-state index in [2.05, 4.69) is 22.9 Å². The van der Waals surface area contributed by atoms with Gasteiger partial charge in [0.1, 0.15) is 4.90 Å². The van der Waals surface area contributed by atoms with Gasteiger partial charge in [-0.2, -0.15) is 0 Å². The average molecular weight is 397 g/mol. The van der Waals surface area contributed by atoms with Crippen LogP contribution < -0.4 is 4.90 Å². The fraction of sp³-hybridized carbons (Fsp3) is 0.318. The first-order valence-corrected chi connectivity index (χ1v) is 11.0. The lowest BCUT2D eigenvalue weighted by molar-refractivity contribution is 0.122. The fourth-order valence-electron chi connectivity index (χ4n) is 3.58. The Morgan fingerprint density at radius 3 is 2.46 bits per heavy atom. The van der Waals surface area contributed by atoms with Crippen LogP contribution in [-0.2, 0) is 21.0 Å². The van der Waals surface area contributed by atoms with Gasteiger partial charge in [-0.05, 0) is 43.2 Å². The third-order valence-corrected chi connectivity index (χ3v) is 7.00. The monoisotopic (exact) mass is 396 g/mol. The Hall–Kier alpha value is -2.44. The number of pyridine rings is 1. The molecule has 2 aromatic carbocycles. The molecule has 1 aliphatic heterocycles. The molecule has 0 atom stereocenters. The number of sulfone groups is 1. The molecule has 0 amide bonds. The molecule has 0 saturated carbocycles. The lowest BCUT2D eigenvalue weighted by Crippen LogP contribution is -2.37. The minimum absolute atomic E-state index is 0.263. The van der Waals surface area contributed by atoms with E-state index in [1.807, 2.05) is 31.2 Å². The molecule has 146 valence electrons. The summed E-state index contributed by atoms with van der Waals surface area (Å²) < 4.78 is 32.5. The van der Waals surface area contributed by atoms with Crippen molar-refractivity contribution >= 4 is 26.4 Å². The second kappa shape index (κ2) is 7.53. The molecular formula is C22H24N2O3S. The molecule has 0 unspecified atom stereocenters. The lowest BCUT2D eigenvalue weighted by atomic mass is 10.1. The van der Waals surface area contributed by atoms with Crippen molar-refractivity contribution in [2.75, 3.05) is 31.2 Å². The normalized spacial score (nSPS) is 15.1. The summed E-state index contributed by atoms with van der Waals surface area (Å²) >= 11 is 0. The number of hydrogen-bond donors (Lipinski definition) is 0. The summed E-state index contributed by atoms with van der Waals surface area (Å²) in [6, 6.07) is 13.1. The van der Waals surface area contributed by atoms with Crippen LogP contribution in [0.3, 0.4) is 0 Å². The van der Waals surface area contributed by atoms with Crippen LogP contribution in [0.4, 0.5) is 5.69 Å². The number of aryl methyl sites for hydroxylation is 2. The quantitative estimate of drug-likeness (QED) is 0.672. The van der Waals surface area contributed by atoms with Gasteiger partial charge in [-0.15, -0.1) is 0 Å². The summed E-state index contributed by atoms with van der Waals surface area (Å²) in [5, 5.41) is 0.884. The first kappa shape index (κ1) is 18.9. The summed E-state index contributed by atoms with van der Waals surface area (Å²) in [4.78, 5) is 7.16. The second-order valence-corrected chi connectivity index (χ2v) is 9.01. The number of anilines is 1. The number of ether oxygens (including phenoxy) is 1. The molecule has 3 aromatic rings. The van der Waals surface area contributed by atoms with Crippen LogP contribution in [0, 0.1) is 6.92 Å². The van der Waals surface area contributed by atoms with Crippen molar-refractivity contribution in [3.8, 4) is 0 Å². The predicted molar refractivity (Wildman–Crippen MR) is 111 cm³/mol. The maximum Gasteiger partial charge on any atom is 0.210 e. The molecule has 1 fully saturated rings. The summed E-state index contributed by atoms with van der Waals surface area (Å²) in [6.07, 6.45) is 2.39. The molecule has 0 bridgehead atoms. The van der Waals surface area contributed by atoms with E-state index in [9.17, 15) is 8.42 Å². The van der Waals surface area contributed by atoms with Crippen LogP contribution in [0.1, 0.15) is 18.1 Å². The zero-order valence-electron chi connectivity index (χ0n) is 16.2. The average Bonchev–Trinajstić information content (AvgIpc) is 2.73. The predicted octanol–water partition coefficient (Wildman–Crippen LogP) is 3.78. The summed E-state index contributed by atoms with van der Waals surface area (Å²) in [5.41, 5.74) is 3.73. The Labute approximate surface area is 165 Å². The van der Waals surface area contributed by atoms with Gasteiger partial charge in [0.15, 0.2) is 0 Å². The molecule has 0 spiro atoms. The highest BCUT2D eigenvalue weighted by Gasteiger charge is 2.27. The van der Waals surface area contributed by atoms with Crippen molar-refractivity contribution in [3.63, 3.8) is 0 Å². The van der Waals surface area contributed by atoms with E-state index < -0.39 is 9.84 Å². The molecule has 4 rings (SSSR count). The van der Waals surface area contributed by atoms with Crippen molar-refractivity contribution < 1.29 is 13.2 Å². The van der Waals surface area contributed by atoms with E-state index in [4.69, 9.17) is 4.74 Å². The van der Waals surface area contributed by atoms with Gasteiger partial charge in [-0.25, -0.2) is 8.42 Å². The largest absolute Gasteiger partial charge is 0.378 e. The van der Waals surface area contributed by atoms with Crippen molar-refractivity contribution in [1.82, 2.24) is 4.98 Å². The summed E-state index contributed by atoms with van der Waals surface area (Å²) in [6.45, 7) is 6.52. The number of aromatic nitrogens is 1. The number of nitrogens with zero attached hydrogens (tertiary/aromatic N) is 2. The maximum absolute atomic E-state index is 13.5. The highest BCUT2D eigenvalue weighted by molar-refractivity contribution is 7.91. The highest BCUT2D eigenvalue weighted by Crippen LogP contribution is 2.36. The Balaban J connectivity index is 1.97. The molecule has 28 heavy (non-hydrogen) atoms. The fourth-order valence-corrected chi connectivity index (χ4v) is 5.01. The van der Waals surface area contributed by atoms with Crippen LogP contribution in [0.15, 0.2) is 58.5 Å². The molecule has 6 heteroatoms. The SMILES string of the molecule is CCc1ccc2ncc(S(=O)(=O)c3ccc(C)cc3)c(N3CCOCC3)c2c1. The number of benzene rings is 2. The van der Waals surface area contributed by atoms with Crippen molar-refractivity contribution in [3.05, 3.63) is 59.8 Å². The number of morpholine rings is 1. The molecule has 0 aliphatic carbocycles. The maximum atomic E-state index is 13.5. The van der Waals surface area contributed by atoms with E-state index in [1.54, 1.807) is 12.1 Å². The third kappa shape index (κ3) is 3.38. The van der Waals surface area contributed by atoms with Crippen LogP contribution in [0.25, 0.3) is 10.9 Å². The molecule has 1 saturated heterocycles. The minimum atomic E-state index is -3.69. The summed E-state index contributed by atoms with van der Waals surface area (Å²) in [7, 11) is -3.69. The molecule has 0 N–H and O–H groups in total. The van der Waals surface area contributed by atoms with E-state index in [1.165, 1.54) is 6.20 Å². The Morgan fingerprint density at radius 1 is 1.07 bits per heavy atom. The van der Waals surface area contributed by atoms with Gasteiger partial charge < -0.3 is 9.64 Å². The van der Waals surface area contributed by atoms with Crippen molar-refractivity contribution in [2.45, 2.75) is 30.1 Å². The zero-order chi connectivity index (χ0) is 19.7. The van der Waals surface area contributed by atoms with Gasteiger partial charge in [0.25, 0.3) is 0 Å². The highest BCUT2D eigenvalue weighted by atomic mass is 32.2. The standard InChI is InChI=1S/C22H24N2O3S/c1-3-17-6-9-20-19(14-17)22(24-10-12-27-13-11-24)21(15-23-20)28(25,26)18-7-4-16(2)5-8-18/h4-9,14-15H,3,10-13H2,1-2H3. The number of fused-ring (bicyclic) bond motifs is 1. The molecule has 1 aliphatic rings. The summed E-state index contributed by atoms with van der Waals surface area (Å²) in [5.74, 6) is 0. The molecular weight excluding hydrogens is 372 g/mol. The van der Waals surface area contributed by atoms with Crippen LogP contribution in [0.2, 0.25) is 0 Å². The van der Waals surface area contributed by atoms with E-state index in [0.29, 0.717) is 31.2 Å². The lowest BCUT2D eigenvalue weighted by Gasteiger charge is -2.31. The zero-order valence-corrected chi connectivity index (χ0v) is 17.0. The first-order chi connectivity index (χ1) is 13.5. The van der Waals surface area contributed by atoms with Gasteiger partial charge in [0.2, 0.25) is 9.84 Å². The van der Waals surface area contributed by atoms with E-state index >= 15 is 0 Å². The van der Waals surface area contributed by atoms with Crippen molar-refractivity contribution in [1.29, 1.82) is 0 Å². The van der Waals surface area contributed by atoms with Gasteiger partial charge in [-0.3, -0.25) is 4.98 Å². The smallest absolute Gasteiger partial charge is 0.210 e. The molecule has 5 nitrogen and oxygen atoms in total. The Morgan fingerprint density at radius 2 is 1.79 bits per heavy atom. The van der Waals surface area contributed by atoms with E-state index in [-0.39, 0.29) is 4.90 Å². The third-order valence-electron chi connectivity index (χ3n) is 5.23. The molecule has 0 radical (unpaired) electrons. The van der Waals surface area contributed by atoms with Gasteiger partial charge >= 0.3 is 0 Å². The van der Waals surface area contributed by atoms with Crippen LogP contribution >= 0.6 is 0 Å².